The second-order valence-corrected chi connectivity index (χ2v) is 4.55. The molecule has 0 aromatic carbocycles. The van der Waals surface area contributed by atoms with Gasteiger partial charge in [-0.25, -0.2) is 4.98 Å². The highest BCUT2D eigenvalue weighted by atomic mass is 16.5. The third-order valence-electron chi connectivity index (χ3n) is 3.34. The molecule has 0 unspecified atom stereocenters. The Morgan fingerprint density at radius 1 is 1.58 bits per heavy atom. The van der Waals surface area contributed by atoms with Crippen LogP contribution in [0.4, 0.5) is 5.82 Å². The van der Waals surface area contributed by atoms with E-state index in [9.17, 15) is 9.59 Å². The van der Waals surface area contributed by atoms with Crippen LogP contribution in [0.2, 0.25) is 0 Å². The molecule has 1 fully saturated rings. The maximum atomic E-state index is 11.7. The minimum atomic E-state index is -0.948. The fraction of sp³-hybridized carbons (Fsp3) is 0.583. The predicted octanol–water partition coefficient (Wildman–Crippen LogP) is 0.612. The highest BCUT2D eigenvalue weighted by Gasteiger charge is 2.28. The van der Waals surface area contributed by atoms with Crippen LogP contribution in [0, 0.1) is 0 Å². The molecule has 1 heterocycles. The van der Waals surface area contributed by atoms with E-state index in [-0.39, 0.29) is 18.3 Å². The molecular formula is C12H17N3O4. The first-order valence-corrected chi connectivity index (χ1v) is 6.23. The second-order valence-electron chi connectivity index (χ2n) is 4.55. The summed E-state index contributed by atoms with van der Waals surface area (Å²) in [7, 11) is 1.38. The molecule has 104 valence electrons. The van der Waals surface area contributed by atoms with Gasteiger partial charge >= 0.3 is 5.97 Å². The van der Waals surface area contributed by atoms with Gasteiger partial charge in [0.25, 0.3) is 5.56 Å². The Hall–Kier alpha value is -2.05. The number of aromatic nitrogens is 2. The third-order valence-corrected chi connectivity index (χ3v) is 3.34. The van der Waals surface area contributed by atoms with Crippen molar-refractivity contribution in [2.24, 2.45) is 0 Å². The van der Waals surface area contributed by atoms with E-state index in [0.29, 0.717) is 5.82 Å². The first kappa shape index (κ1) is 13.4. The largest absolute Gasteiger partial charge is 0.489 e. The van der Waals surface area contributed by atoms with Crippen LogP contribution in [-0.2, 0) is 4.79 Å². The lowest BCUT2D eigenvalue weighted by Gasteiger charge is -2.28. The molecule has 7 heteroatoms. The molecule has 1 aromatic rings. The van der Waals surface area contributed by atoms with Crippen molar-refractivity contribution in [2.75, 3.05) is 18.6 Å². The molecule has 2 N–H and O–H groups in total. The molecular weight excluding hydrogens is 250 g/mol. The zero-order valence-electron chi connectivity index (χ0n) is 10.8. The van der Waals surface area contributed by atoms with Crippen molar-refractivity contribution in [3.63, 3.8) is 0 Å². The average Bonchev–Trinajstić information content (AvgIpc) is 2.89. The van der Waals surface area contributed by atoms with Gasteiger partial charge in [-0.05, 0) is 12.8 Å². The number of H-pyrrole nitrogens is 1. The van der Waals surface area contributed by atoms with Crippen molar-refractivity contribution in [1.82, 2.24) is 9.97 Å². The van der Waals surface area contributed by atoms with E-state index < -0.39 is 11.5 Å². The molecule has 7 nitrogen and oxygen atoms in total. The van der Waals surface area contributed by atoms with Gasteiger partial charge in [0.05, 0.1) is 13.4 Å². The van der Waals surface area contributed by atoms with Gasteiger partial charge in [-0.1, -0.05) is 12.8 Å². The van der Waals surface area contributed by atoms with Crippen molar-refractivity contribution >= 4 is 11.8 Å². The number of ether oxygens (including phenoxy) is 1. The zero-order valence-corrected chi connectivity index (χ0v) is 10.8. The standard InChI is InChI=1S/C12H17N3O4/c1-19-10-11(13-7-14-12(10)18)15(6-9(16)17)8-4-2-3-5-8/h7-8H,2-6H2,1H3,(H,16,17)(H,13,14,18). The van der Waals surface area contributed by atoms with E-state index in [0.717, 1.165) is 25.7 Å². The molecule has 2 rings (SSSR count). The Morgan fingerprint density at radius 3 is 2.84 bits per heavy atom. The maximum absolute atomic E-state index is 11.7. The number of nitrogens with zero attached hydrogens (tertiary/aromatic N) is 2. The van der Waals surface area contributed by atoms with E-state index in [2.05, 4.69) is 9.97 Å². The van der Waals surface area contributed by atoms with Crippen LogP contribution in [0.25, 0.3) is 0 Å². The highest BCUT2D eigenvalue weighted by molar-refractivity contribution is 5.74. The van der Waals surface area contributed by atoms with Gasteiger partial charge in [0.2, 0.25) is 5.75 Å². The van der Waals surface area contributed by atoms with Crippen LogP contribution in [0.1, 0.15) is 25.7 Å². The van der Waals surface area contributed by atoms with Gasteiger partial charge in [0.1, 0.15) is 6.54 Å². The minimum Gasteiger partial charge on any atom is -0.489 e. The van der Waals surface area contributed by atoms with Crippen LogP contribution in [-0.4, -0.2) is 40.7 Å². The van der Waals surface area contributed by atoms with Crippen LogP contribution in [0.3, 0.4) is 0 Å². The fourth-order valence-electron chi connectivity index (χ4n) is 2.50. The molecule has 1 saturated carbocycles. The normalized spacial score (nSPS) is 15.4. The second kappa shape index (κ2) is 5.73. The quantitative estimate of drug-likeness (QED) is 0.811. The van der Waals surface area contributed by atoms with Crippen molar-refractivity contribution in [2.45, 2.75) is 31.7 Å². The van der Waals surface area contributed by atoms with E-state index in [4.69, 9.17) is 9.84 Å². The van der Waals surface area contributed by atoms with Crippen molar-refractivity contribution in [1.29, 1.82) is 0 Å². The SMILES string of the molecule is COc1c(N(CC(=O)O)C2CCCC2)nc[nH]c1=O. The molecule has 19 heavy (non-hydrogen) atoms. The third kappa shape index (κ3) is 2.86. The smallest absolute Gasteiger partial charge is 0.323 e. The monoisotopic (exact) mass is 267 g/mol. The van der Waals surface area contributed by atoms with Crippen LogP contribution in [0.15, 0.2) is 11.1 Å². The summed E-state index contributed by atoms with van der Waals surface area (Å²) in [6, 6.07) is 0.0966. The molecule has 0 radical (unpaired) electrons. The van der Waals surface area contributed by atoms with E-state index >= 15 is 0 Å². The van der Waals surface area contributed by atoms with Crippen LogP contribution < -0.4 is 15.2 Å². The Labute approximate surface area is 110 Å². The maximum Gasteiger partial charge on any atom is 0.323 e. The summed E-state index contributed by atoms with van der Waals surface area (Å²) < 4.78 is 5.06. The Balaban J connectivity index is 2.39. The number of anilines is 1. The van der Waals surface area contributed by atoms with E-state index in [1.807, 2.05) is 0 Å². The zero-order chi connectivity index (χ0) is 13.8. The summed E-state index contributed by atoms with van der Waals surface area (Å²) in [6.45, 7) is -0.183. The minimum absolute atomic E-state index is 0.0654. The number of aromatic amines is 1. The molecule has 1 aliphatic carbocycles. The van der Waals surface area contributed by atoms with Gasteiger partial charge in [-0.3, -0.25) is 9.59 Å². The van der Waals surface area contributed by atoms with Crippen molar-refractivity contribution < 1.29 is 14.6 Å². The fourth-order valence-corrected chi connectivity index (χ4v) is 2.50. The average molecular weight is 267 g/mol. The Bertz CT molecular complexity index is 508. The van der Waals surface area contributed by atoms with Gasteiger partial charge in [0.15, 0.2) is 5.82 Å². The number of hydrogen-bond acceptors (Lipinski definition) is 5. The lowest BCUT2D eigenvalue weighted by Crippen LogP contribution is -2.39. The molecule has 0 spiro atoms. The van der Waals surface area contributed by atoms with Gasteiger partial charge in [-0.15, -0.1) is 0 Å². The summed E-state index contributed by atoms with van der Waals surface area (Å²) in [5.41, 5.74) is -0.402. The molecule has 0 saturated heterocycles. The molecule has 0 atom stereocenters. The summed E-state index contributed by atoms with van der Waals surface area (Å²) >= 11 is 0. The molecule has 0 aliphatic heterocycles. The molecule has 1 aliphatic rings. The van der Waals surface area contributed by atoms with Gasteiger partial charge in [-0.2, -0.15) is 0 Å². The molecule has 0 bridgehead atoms. The van der Waals surface area contributed by atoms with Gasteiger partial charge in [0, 0.05) is 6.04 Å². The van der Waals surface area contributed by atoms with Gasteiger partial charge < -0.3 is 19.7 Å². The lowest BCUT2D eigenvalue weighted by molar-refractivity contribution is -0.135. The molecule has 1 aromatic heterocycles. The van der Waals surface area contributed by atoms with Crippen LogP contribution >= 0.6 is 0 Å². The summed E-state index contributed by atoms with van der Waals surface area (Å²) in [5, 5.41) is 9.04. The number of nitrogens with one attached hydrogen (secondary N) is 1. The van der Waals surface area contributed by atoms with E-state index in [1.54, 1.807) is 4.90 Å². The number of hydrogen-bond donors (Lipinski definition) is 2. The number of aliphatic carboxylic acids is 1. The highest BCUT2D eigenvalue weighted by Crippen LogP contribution is 2.30. The Kier molecular flexibility index (Phi) is 4.03. The van der Waals surface area contributed by atoms with E-state index in [1.165, 1.54) is 13.4 Å². The summed E-state index contributed by atoms with van der Waals surface area (Å²) in [6.07, 6.45) is 5.21. The lowest BCUT2D eigenvalue weighted by atomic mass is 10.2. The van der Waals surface area contributed by atoms with Crippen molar-refractivity contribution in [3.8, 4) is 5.75 Å². The van der Waals surface area contributed by atoms with Crippen molar-refractivity contribution in [3.05, 3.63) is 16.7 Å². The summed E-state index contributed by atoms with van der Waals surface area (Å²) in [4.78, 5) is 30.9. The van der Waals surface area contributed by atoms with Crippen LogP contribution in [0.5, 0.6) is 5.75 Å². The molecule has 0 amide bonds. The number of methoxy groups -OCH3 is 1. The first-order valence-electron chi connectivity index (χ1n) is 6.23. The summed E-state index contributed by atoms with van der Waals surface area (Å²) in [5.74, 6) is -0.577. The topological polar surface area (TPSA) is 95.5 Å². The number of carbonyl (C=O) groups is 1. The number of rotatable bonds is 5. The number of carboxylic acid groups (broad SMARTS) is 1. The predicted molar refractivity (Wildman–Crippen MR) is 68.6 cm³/mol. The number of carboxylic acids is 1. The Morgan fingerprint density at radius 2 is 2.26 bits per heavy atom. The first-order chi connectivity index (χ1) is 9.13.